The van der Waals surface area contributed by atoms with Gasteiger partial charge in [-0.25, -0.2) is 0 Å². The van der Waals surface area contributed by atoms with Crippen LogP contribution in [0.5, 0.6) is 11.5 Å². The molecule has 6 heteroatoms. The third kappa shape index (κ3) is 5.72. The molecule has 0 radical (unpaired) electrons. The number of hydrogen-bond acceptors (Lipinski definition) is 6. The summed E-state index contributed by atoms with van der Waals surface area (Å²) in [5.41, 5.74) is 0.584. The number of carbonyl (C=O) groups excluding carboxylic acids is 1. The zero-order chi connectivity index (χ0) is 34.7. The number of benzene rings is 1. The van der Waals surface area contributed by atoms with E-state index < -0.39 is 11.2 Å². The van der Waals surface area contributed by atoms with Crippen molar-refractivity contribution in [2.75, 3.05) is 20.2 Å². The molecule has 2 spiro atoms. The van der Waals surface area contributed by atoms with Crippen molar-refractivity contribution in [1.29, 1.82) is 0 Å². The normalized spacial score (nSPS) is 34.0. The summed E-state index contributed by atoms with van der Waals surface area (Å²) in [5, 5.41) is 12.5. The van der Waals surface area contributed by atoms with E-state index in [4.69, 9.17) is 14.2 Å². The average Bonchev–Trinajstić information content (AvgIpc) is 3.81. The van der Waals surface area contributed by atoms with E-state index in [9.17, 15) is 9.90 Å². The van der Waals surface area contributed by atoms with Gasteiger partial charge in [-0.1, -0.05) is 98.0 Å². The van der Waals surface area contributed by atoms with Crippen molar-refractivity contribution in [2.24, 2.45) is 22.7 Å². The van der Waals surface area contributed by atoms with E-state index in [1.807, 2.05) is 13.2 Å². The van der Waals surface area contributed by atoms with Crippen LogP contribution in [-0.4, -0.2) is 59.5 Å². The Kier molecular flexibility index (Phi) is 9.79. The molecule has 1 aromatic carbocycles. The largest absolute Gasteiger partial charge is 0.482 e. The number of aliphatic hydroxyl groups is 1. The van der Waals surface area contributed by atoms with Crippen molar-refractivity contribution < 1.29 is 24.1 Å². The Bertz CT molecular complexity index is 1360. The molecule has 0 amide bonds. The second kappa shape index (κ2) is 13.4. The number of likely N-dealkylation sites (tertiary alicyclic amines) is 1. The topological polar surface area (TPSA) is 68.2 Å². The van der Waals surface area contributed by atoms with Gasteiger partial charge in [-0.3, -0.25) is 9.69 Å². The van der Waals surface area contributed by atoms with E-state index in [0.717, 1.165) is 63.2 Å². The van der Waals surface area contributed by atoms with Crippen LogP contribution in [0.15, 0.2) is 12.1 Å². The Morgan fingerprint density at radius 2 is 1.63 bits per heavy atom. The summed E-state index contributed by atoms with van der Waals surface area (Å²) in [4.78, 5) is 16.2. The van der Waals surface area contributed by atoms with Crippen LogP contribution in [0.1, 0.15) is 161 Å². The highest BCUT2D eigenvalue weighted by Gasteiger charge is 2.82. The maximum atomic E-state index is 13.3. The van der Waals surface area contributed by atoms with Crippen LogP contribution in [0.4, 0.5) is 0 Å². The summed E-state index contributed by atoms with van der Waals surface area (Å²) in [7, 11) is 1.85. The molecule has 1 N–H and O–H groups in total. The van der Waals surface area contributed by atoms with Crippen molar-refractivity contribution in [1.82, 2.24) is 4.90 Å². The Labute approximate surface area is 297 Å². The number of piperidine rings is 1. The van der Waals surface area contributed by atoms with Crippen LogP contribution in [0.2, 0.25) is 0 Å². The van der Waals surface area contributed by atoms with Gasteiger partial charge in [0, 0.05) is 48.4 Å². The fraction of sp³-hybridized carbons (Fsp3) is 0.837. The number of carbonyl (C=O) groups is 1. The summed E-state index contributed by atoms with van der Waals surface area (Å²) >= 11 is 0. The molecule has 6 nitrogen and oxygen atoms in total. The minimum Gasteiger partial charge on any atom is -0.482 e. The Morgan fingerprint density at radius 3 is 2.27 bits per heavy atom. The van der Waals surface area contributed by atoms with Crippen molar-refractivity contribution in [3.05, 3.63) is 23.3 Å². The highest BCUT2D eigenvalue weighted by Crippen LogP contribution is 2.78. The summed E-state index contributed by atoms with van der Waals surface area (Å²) in [6.07, 6.45) is 21.8. The summed E-state index contributed by atoms with van der Waals surface area (Å²) in [6, 6.07) is 4.70. The molecule has 5 fully saturated rings. The molecule has 2 aliphatic heterocycles. The highest BCUT2D eigenvalue weighted by molar-refractivity contribution is 5.75. The molecule has 4 saturated carbocycles. The van der Waals surface area contributed by atoms with Crippen molar-refractivity contribution in [2.45, 2.75) is 185 Å². The van der Waals surface area contributed by atoms with Gasteiger partial charge in [0.15, 0.2) is 11.5 Å². The monoisotopic (exact) mass is 678 g/mol. The fourth-order valence-corrected chi connectivity index (χ4v) is 11.8. The summed E-state index contributed by atoms with van der Waals surface area (Å²) in [5.74, 6) is 2.01. The number of rotatable bonds is 17. The molecule has 8 rings (SSSR count). The quantitative estimate of drug-likeness (QED) is 0.101. The molecule has 49 heavy (non-hydrogen) atoms. The summed E-state index contributed by atoms with van der Waals surface area (Å²) in [6.45, 7) is 13.1. The molecular weight excluding hydrogens is 610 g/mol. The standard InChI is InChI=1S/C43H67NO5/c1-7-8-9-10-11-12-13-14-15-16-17-18-35(45)48-32-22-21-31-27-34-41-23-24-43(47-6,33(28-41)40(5,46)39(2,3)4)38-42(41,36(31)37(32)49-38)25-26-44(34)29-30-19-20-30/h21-22,30,33-34,38,46H,7-20,23-29H2,1-6H3/t33-,34-,38-,40+,41-,42+,43-/m1/s1. The van der Waals surface area contributed by atoms with E-state index in [0.29, 0.717) is 18.2 Å². The van der Waals surface area contributed by atoms with Crippen LogP contribution in [0.25, 0.3) is 0 Å². The number of methoxy groups -OCH3 is 1. The van der Waals surface area contributed by atoms with Crippen LogP contribution in [0.3, 0.4) is 0 Å². The zero-order valence-corrected chi connectivity index (χ0v) is 31.8. The van der Waals surface area contributed by atoms with Gasteiger partial charge in [0.2, 0.25) is 0 Å². The van der Waals surface area contributed by atoms with Gasteiger partial charge in [0.05, 0.1) is 5.60 Å². The number of ether oxygens (including phenoxy) is 3. The van der Waals surface area contributed by atoms with Gasteiger partial charge >= 0.3 is 5.97 Å². The fourth-order valence-electron chi connectivity index (χ4n) is 11.8. The van der Waals surface area contributed by atoms with E-state index in [1.54, 1.807) is 0 Å². The Hall–Kier alpha value is -1.63. The molecule has 2 heterocycles. The van der Waals surface area contributed by atoms with E-state index in [2.05, 4.69) is 45.6 Å². The number of nitrogens with zero attached hydrogens (tertiary/aromatic N) is 1. The second-order valence-electron chi connectivity index (χ2n) is 18.5. The Balaban J connectivity index is 1.11. The first-order valence-electron chi connectivity index (χ1n) is 20.5. The molecule has 1 saturated heterocycles. The van der Waals surface area contributed by atoms with E-state index in [-0.39, 0.29) is 34.2 Å². The molecule has 5 aliphatic carbocycles. The zero-order valence-electron chi connectivity index (χ0n) is 31.8. The molecule has 0 unspecified atom stereocenters. The average molecular weight is 678 g/mol. The lowest BCUT2D eigenvalue weighted by Gasteiger charge is -2.75. The Morgan fingerprint density at radius 1 is 0.959 bits per heavy atom. The molecule has 7 atom stereocenters. The van der Waals surface area contributed by atoms with Crippen LogP contribution in [0, 0.1) is 22.7 Å². The van der Waals surface area contributed by atoms with Crippen molar-refractivity contribution in [3.63, 3.8) is 0 Å². The van der Waals surface area contributed by atoms with Crippen molar-refractivity contribution >= 4 is 5.97 Å². The van der Waals surface area contributed by atoms with Gasteiger partial charge in [0.1, 0.15) is 11.7 Å². The first-order valence-corrected chi connectivity index (χ1v) is 20.5. The molecule has 4 bridgehead atoms. The van der Waals surface area contributed by atoms with E-state index in [1.165, 1.54) is 88.3 Å². The second-order valence-corrected chi connectivity index (χ2v) is 18.5. The SMILES string of the molecule is CCCCCCCCCCCCCC(=O)Oc1ccc2c3c1O[C@H]1[C@@]4(OC)CC[C@@]5(C[C@@H]4[C@](C)(O)C(C)(C)C)[C@@H](C2)N(CC2CC2)CC[C@]315. The maximum Gasteiger partial charge on any atom is 0.311 e. The predicted octanol–water partition coefficient (Wildman–Crippen LogP) is 9.31. The molecule has 7 aliphatic rings. The third-order valence-electron chi connectivity index (χ3n) is 15.0. The first-order chi connectivity index (χ1) is 23.4. The lowest BCUT2D eigenvalue weighted by atomic mass is 9.33. The minimum absolute atomic E-state index is 0.0125. The lowest BCUT2D eigenvalue weighted by Crippen LogP contribution is -2.83. The number of esters is 1. The summed E-state index contributed by atoms with van der Waals surface area (Å²) < 4.78 is 20.2. The van der Waals surface area contributed by atoms with Gasteiger partial charge < -0.3 is 19.3 Å². The smallest absolute Gasteiger partial charge is 0.311 e. The molecule has 274 valence electrons. The number of unbranched alkanes of at least 4 members (excludes halogenated alkanes) is 10. The molecule has 0 aromatic heterocycles. The number of hydrogen-bond donors (Lipinski definition) is 1. The maximum absolute atomic E-state index is 13.3. The first kappa shape index (κ1) is 35.8. The van der Waals surface area contributed by atoms with E-state index >= 15 is 0 Å². The van der Waals surface area contributed by atoms with Crippen LogP contribution >= 0.6 is 0 Å². The predicted molar refractivity (Wildman–Crippen MR) is 195 cm³/mol. The third-order valence-corrected chi connectivity index (χ3v) is 15.0. The van der Waals surface area contributed by atoms with Gasteiger partial charge in [0.25, 0.3) is 0 Å². The number of fused-ring (bicyclic) bond motifs is 2. The van der Waals surface area contributed by atoms with Gasteiger partial charge in [-0.15, -0.1) is 0 Å². The molecule has 1 aromatic rings. The molecular formula is C43H67NO5. The van der Waals surface area contributed by atoms with Gasteiger partial charge in [-0.2, -0.15) is 0 Å². The van der Waals surface area contributed by atoms with Gasteiger partial charge in [-0.05, 0) is 87.8 Å². The minimum atomic E-state index is -0.948. The highest BCUT2D eigenvalue weighted by atomic mass is 16.6. The van der Waals surface area contributed by atoms with Crippen LogP contribution in [-0.2, 0) is 21.4 Å². The van der Waals surface area contributed by atoms with Crippen LogP contribution < -0.4 is 9.47 Å². The lowest BCUT2D eigenvalue weighted by molar-refractivity contribution is -0.312. The van der Waals surface area contributed by atoms with Crippen molar-refractivity contribution in [3.8, 4) is 11.5 Å².